The highest BCUT2D eigenvalue weighted by Gasteiger charge is 2.17. The smallest absolute Gasteiger partial charge is 0.338 e. The molecule has 0 atom stereocenters. The van der Waals surface area contributed by atoms with Crippen molar-refractivity contribution >= 4 is 44.9 Å². The molecule has 0 spiro atoms. The van der Waals surface area contributed by atoms with Crippen LogP contribution in [-0.2, 0) is 26.2 Å². The zero-order valence-corrected chi connectivity index (χ0v) is 20.1. The summed E-state index contributed by atoms with van der Waals surface area (Å²) in [5.41, 5.74) is 1.84. The predicted octanol–water partition coefficient (Wildman–Crippen LogP) is 4.85. The van der Waals surface area contributed by atoms with Crippen molar-refractivity contribution in [2.45, 2.75) is 25.3 Å². The summed E-state index contributed by atoms with van der Waals surface area (Å²) in [5, 5.41) is 2.90. The molecule has 34 heavy (non-hydrogen) atoms. The van der Waals surface area contributed by atoms with E-state index in [-0.39, 0.29) is 28.8 Å². The summed E-state index contributed by atoms with van der Waals surface area (Å²) in [6.45, 7) is 3.52. The number of halogens is 1. The number of sulfonamides is 1. The van der Waals surface area contributed by atoms with E-state index >= 15 is 0 Å². The van der Waals surface area contributed by atoms with Crippen molar-refractivity contribution in [3.63, 3.8) is 0 Å². The number of esters is 1. The maximum Gasteiger partial charge on any atom is 0.338 e. The van der Waals surface area contributed by atoms with Crippen LogP contribution in [0.1, 0.15) is 29.8 Å². The van der Waals surface area contributed by atoms with Crippen molar-refractivity contribution in [2.75, 3.05) is 16.6 Å². The number of hydrogen-bond acceptors (Lipinski definition) is 6. The molecule has 3 aromatic carbocycles. The first-order valence-electron chi connectivity index (χ1n) is 10.3. The minimum absolute atomic E-state index is 0.00193. The maximum absolute atomic E-state index is 12.9. The van der Waals surface area contributed by atoms with Gasteiger partial charge in [0.1, 0.15) is 12.4 Å². The highest BCUT2D eigenvalue weighted by molar-refractivity contribution is 7.92. The Hall–Kier alpha value is -3.56. The average molecular weight is 503 g/mol. The molecule has 178 valence electrons. The third kappa shape index (κ3) is 6.72. The van der Waals surface area contributed by atoms with E-state index in [0.29, 0.717) is 22.9 Å². The quantitative estimate of drug-likeness (QED) is 0.404. The van der Waals surface area contributed by atoms with Crippen LogP contribution >= 0.6 is 11.6 Å². The van der Waals surface area contributed by atoms with Crippen molar-refractivity contribution in [3.8, 4) is 5.75 Å². The largest absolute Gasteiger partial charge is 0.487 e. The molecule has 0 saturated carbocycles. The van der Waals surface area contributed by atoms with Crippen LogP contribution in [0.5, 0.6) is 5.75 Å². The maximum atomic E-state index is 12.9. The molecule has 0 radical (unpaired) electrons. The number of benzene rings is 3. The molecule has 0 unspecified atom stereocenters. The lowest BCUT2D eigenvalue weighted by Gasteiger charge is -2.15. The first-order chi connectivity index (χ1) is 16.2. The molecule has 0 aliphatic rings. The summed E-state index contributed by atoms with van der Waals surface area (Å²) in [4.78, 5) is 22.9. The Kier molecular flexibility index (Phi) is 8.14. The molecule has 3 rings (SSSR count). The molecule has 3 aromatic rings. The van der Waals surface area contributed by atoms with Gasteiger partial charge in [0, 0.05) is 17.6 Å². The van der Waals surface area contributed by atoms with Crippen LogP contribution in [-0.4, -0.2) is 26.9 Å². The molecule has 2 N–H and O–H groups in total. The van der Waals surface area contributed by atoms with Gasteiger partial charge in [0.15, 0.2) is 0 Å². The van der Waals surface area contributed by atoms with Gasteiger partial charge in [-0.05, 0) is 67.1 Å². The number of nitrogens with one attached hydrogen (secondary N) is 2. The molecular formula is C24H23ClN2O6S. The Morgan fingerprint density at radius 1 is 0.971 bits per heavy atom. The molecule has 10 heteroatoms. The van der Waals surface area contributed by atoms with Gasteiger partial charge < -0.3 is 14.8 Å². The van der Waals surface area contributed by atoms with Crippen LogP contribution in [0.15, 0.2) is 71.6 Å². The Bertz CT molecular complexity index is 1280. The van der Waals surface area contributed by atoms with Gasteiger partial charge in [0.25, 0.3) is 10.0 Å². The summed E-state index contributed by atoms with van der Waals surface area (Å²) in [7, 11) is -3.95. The van der Waals surface area contributed by atoms with Gasteiger partial charge in [-0.15, -0.1) is 0 Å². The Morgan fingerprint density at radius 2 is 1.65 bits per heavy atom. The number of amides is 1. The Morgan fingerprint density at radius 3 is 2.26 bits per heavy atom. The van der Waals surface area contributed by atoms with E-state index in [4.69, 9.17) is 21.1 Å². The van der Waals surface area contributed by atoms with Crippen molar-refractivity contribution < 1.29 is 27.5 Å². The zero-order valence-electron chi connectivity index (χ0n) is 18.5. The SMILES string of the molecule is CCOC(=O)c1ccc(COc2ccc(Cl)cc2NS(=O)(=O)c2ccc(NC(C)=O)cc2)cc1. The third-order valence-corrected chi connectivity index (χ3v) is 6.15. The van der Waals surface area contributed by atoms with Crippen LogP contribution in [0.4, 0.5) is 11.4 Å². The lowest BCUT2D eigenvalue weighted by atomic mass is 10.1. The van der Waals surface area contributed by atoms with E-state index in [1.54, 1.807) is 43.3 Å². The van der Waals surface area contributed by atoms with Crippen LogP contribution in [0.2, 0.25) is 5.02 Å². The second-order valence-electron chi connectivity index (χ2n) is 7.16. The molecule has 0 aliphatic heterocycles. The summed E-state index contributed by atoms with van der Waals surface area (Å²) in [6, 6.07) is 17.0. The van der Waals surface area contributed by atoms with Crippen LogP contribution in [0, 0.1) is 0 Å². The first kappa shape index (κ1) is 25.1. The second kappa shape index (κ2) is 11.0. The zero-order chi connectivity index (χ0) is 24.7. The van der Waals surface area contributed by atoms with E-state index in [2.05, 4.69) is 10.0 Å². The molecule has 0 aliphatic carbocycles. The van der Waals surface area contributed by atoms with E-state index in [9.17, 15) is 18.0 Å². The van der Waals surface area contributed by atoms with E-state index in [1.165, 1.54) is 37.3 Å². The number of carbonyl (C=O) groups excluding carboxylic acids is 2. The molecule has 0 fully saturated rings. The molecule has 0 bridgehead atoms. The molecule has 0 heterocycles. The number of rotatable bonds is 9. The summed E-state index contributed by atoms with van der Waals surface area (Å²) in [5.74, 6) is -0.392. The van der Waals surface area contributed by atoms with Gasteiger partial charge in [-0.2, -0.15) is 0 Å². The third-order valence-electron chi connectivity index (χ3n) is 4.53. The minimum Gasteiger partial charge on any atom is -0.487 e. The highest BCUT2D eigenvalue weighted by Crippen LogP contribution is 2.31. The number of anilines is 2. The van der Waals surface area contributed by atoms with Crippen molar-refractivity contribution in [1.82, 2.24) is 0 Å². The number of carbonyl (C=O) groups is 2. The molecule has 0 saturated heterocycles. The Labute approximate surface area is 202 Å². The lowest BCUT2D eigenvalue weighted by Crippen LogP contribution is -2.14. The fourth-order valence-electron chi connectivity index (χ4n) is 2.94. The first-order valence-corrected chi connectivity index (χ1v) is 12.1. The molecule has 8 nitrogen and oxygen atoms in total. The van der Waals surface area contributed by atoms with Gasteiger partial charge >= 0.3 is 5.97 Å². The van der Waals surface area contributed by atoms with Crippen molar-refractivity contribution in [3.05, 3.63) is 82.9 Å². The molecular weight excluding hydrogens is 480 g/mol. The van der Waals surface area contributed by atoms with Gasteiger partial charge in [-0.3, -0.25) is 9.52 Å². The average Bonchev–Trinajstić information content (AvgIpc) is 2.79. The van der Waals surface area contributed by atoms with Gasteiger partial charge in [0.2, 0.25) is 5.91 Å². The number of ether oxygens (including phenoxy) is 2. The molecule has 1 amide bonds. The fourth-order valence-corrected chi connectivity index (χ4v) is 4.18. The summed E-state index contributed by atoms with van der Waals surface area (Å²) >= 11 is 6.08. The predicted molar refractivity (Wildman–Crippen MR) is 130 cm³/mol. The van der Waals surface area contributed by atoms with E-state index in [1.807, 2.05) is 0 Å². The van der Waals surface area contributed by atoms with Crippen molar-refractivity contribution in [2.24, 2.45) is 0 Å². The normalized spacial score (nSPS) is 10.9. The van der Waals surface area contributed by atoms with Gasteiger partial charge in [-0.25, -0.2) is 13.2 Å². The van der Waals surface area contributed by atoms with E-state index in [0.717, 1.165) is 5.56 Å². The fraction of sp³-hybridized carbons (Fsp3) is 0.167. The highest BCUT2D eigenvalue weighted by atomic mass is 35.5. The Balaban J connectivity index is 1.74. The van der Waals surface area contributed by atoms with Crippen LogP contribution < -0.4 is 14.8 Å². The lowest BCUT2D eigenvalue weighted by molar-refractivity contribution is -0.114. The summed E-state index contributed by atoms with van der Waals surface area (Å²) in [6.07, 6.45) is 0. The minimum atomic E-state index is -3.95. The standard InChI is InChI=1S/C24H23ClN2O6S/c1-3-32-24(29)18-6-4-17(5-7-18)15-33-23-13-8-19(25)14-22(23)27-34(30,31)21-11-9-20(10-12-21)26-16(2)28/h4-14,27H,3,15H2,1-2H3,(H,26,28). The van der Waals surface area contributed by atoms with Gasteiger partial charge in [0.05, 0.1) is 22.8 Å². The monoisotopic (exact) mass is 502 g/mol. The van der Waals surface area contributed by atoms with Crippen LogP contribution in [0.25, 0.3) is 0 Å². The van der Waals surface area contributed by atoms with Gasteiger partial charge in [-0.1, -0.05) is 23.7 Å². The van der Waals surface area contributed by atoms with E-state index < -0.39 is 16.0 Å². The van der Waals surface area contributed by atoms with Crippen LogP contribution in [0.3, 0.4) is 0 Å². The topological polar surface area (TPSA) is 111 Å². The molecule has 0 aromatic heterocycles. The summed E-state index contributed by atoms with van der Waals surface area (Å²) < 4.78 is 39.1. The second-order valence-corrected chi connectivity index (χ2v) is 9.28. The van der Waals surface area contributed by atoms with Crippen molar-refractivity contribution in [1.29, 1.82) is 0 Å². The number of hydrogen-bond donors (Lipinski definition) is 2.